The van der Waals surface area contributed by atoms with E-state index in [1.54, 1.807) is 0 Å². The molecule has 0 N–H and O–H groups in total. The Morgan fingerprint density at radius 1 is 1.45 bits per heavy atom. The average Bonchev–Trinajstić information content (AvgIpc) is 2.38. The number of likely N-dealkylation sites (N-methyl/N-ethyl adjacent to an activating group) is 1. The monoisotopic (exact) mass is 153 g/mol. The number of rotatable bonds is 3. The van der Waals surface area contributed by atoms with Crippen LogP contribution >= 0.6 is 0 Å². The van der Waals surface area contributed by atoms with Gasteiger partial charge >= 0.3 is 0 Å². The molecule has 0 aliphatic heterocycles. The van der Waals surface area contributed by atoms with E-state index in [4.69, 9.17) is 0 Å². The van der Waals surface area contributed by atoms with E-state index < -0.39 is 0 Å². The highest BCUT2D eigenvalue weighted by Gasteiger charge is 2.31. The minimum absolute atomic E-state index is 0.466. The fourth-order valence-electron chi connectivity index (χ4n) is 1.93. The Morgan fingerprint density at radius 3 is 2.45 bits per heavy atom. The zero-order chi connectivity index (χ0) is 8.32. The van der Waals surface area contributed by atoms with Crippen molar-refractivity contribution in [3.05, 3.63) is 12.7 Å². The summed E-state index contributed by atoms with van der Waals surface area (Å²) in [7, 11) is 2.20. The zero-order valence-electron chi connectivity index (χ0n) is 7.77. The topological polar surface area (TPSA) is 3.24 Å². The van der Waals surface area contributed by atoms with Gasteiger partial charge in [-0.05, 0) is 26.8 Å². The molecule has 1 fully saturated rings. The first-order valence-electron chi connectivity index (χ1n) is 4.51. The minimum Gasteiger partial charge on any atom is -0.297 e. The van der Waals surface area contributed by atoms with Crippen molar-refractivity contribution in [3.8, 4) is 0 Å². The summed E-state index contributed by atoms with van der Waals surface area (Å²) in [5.41, 5.74) is 0.466. The normalized spacial score (nSPS) is 22.5. The van der Waals surface area contributed by atoms with E-state index >= 15 is 0 Å². The van der Waals surface area contributed by atoms with Gasteiger partial charge in [-0.2, -0.15) is 0 Å². The maximum atomic E-state index is 3.76. The first-order chi connectivity index (χ1) is 5.19. The molecule has 0 atom stereocenters. The van der Waals surface area contributed by atoms with Gasteiger partial charge in [-0.15, -0.1) is 6.58 Å². The predicted molar refractivity (Wildman–Crippen MR) is 49.7 cm³/mol. The van der Waals surface area contributed by atoms with E-state index in [9.17, 15) is 0 Å². The smallest absolute Gasteiger partial charge is 0.0181 e. The Kier molecular flexibility index (Phi) is 2.72. The first-order valence-corrected chi connectivity index (χ1v) is 4.51. The summed E-state index contributed by atoms with van der Waals surface area (Å²) in [5, 5.41) is 0. The molecule has 0 amide bonds. The molecule has 0 spiro atoms. The molecule has 11 heavy (non-hydrogen) atoms. The molecule has 0 radical (unpaired) electrons. The molecule has 0 aromatic carbocycles. The van der Waals surface area contributed by atoms with Gasteiger partial charge in [0.1, 0.15) is 0 Å². The van der Waals surface area contributed by atoms with Crippen LogP contribution in [-0.2, 0) is 0 Å². The summed E-state index contributed by atoms with van der Waals surface area (Å²) in [4.78, 5) is 2.42. The first kappa shape index (κ1) is 8.79. The molecule has 0 bridgehead atoms. The van der Waals surface area contributed by atoms with E-state index in [1.165, 1.54) is 25.7 Å². The third-order valence-corrected chi connectivity index (χ3v) is 3.01. The van der Waals surface area contributed by atoms with Gasteiger partial charge in [0.05, 0.1) is 0 Å². The standard InChI is InChI=1S/C10H19N/c1-4-9-11(3)10(2)7-5-6-8-10/h4H,1,5-9H2,2-3H3. The molecule has 0 heterocycles. The maximum Gasteiger partial charge on any atom is 0.0181 e. The molecule has 1 nitrogen and oxygen atoms in total. The SMILES string of the molecule is C=CCN(C)C1(C)CCCC1. The van der Waals surface area contributed by atoms with Crippen LogP contribution < -0.4 is 0 Å². The molecule has 1 rings (SSSR count). The maximum absolute atomic E-state index is 3.76. The second-order valence-corrected chi connectivity index (χ2v) is 3.87. The van der Waals surface area contributed by atoms with E-state index in [2.05, 4.69) is 25.5 Å². The van der Waals surface area contributed by atoms with Crippen molar-refractivity contribution in [2.24, 2.45) is 0 Å². The van der Waals surface area contributed by atoms with Gasteiger partial charge in [0.25, 0.3) is 0 Å². The van der Waals surface area contributed by atoms with Gasteiger partial charge in [-0.1, -0.05) is 18.9 Å². The number of hydrogen-bond acceptors (Lipinski definition) is 1. The Morgan fingerprint density at radius 2 is 2.00 bits per heavy atom. The summed E-state index contributed by atoms with van der Waals surface area (Å²) >= 11 is 0. The second kappa shape index (κ2) is 3.40. The number of nitrogens with zero attached hydrogens (tertiary/aromatic N) is 1. The van der Waals surface area contributed by atoms with Gasteiger partial charge in [0.2, 0.25) is 0 Å². The summed E-state index contributed by atoms with van der Waals surface area (Å²) < 4.78 is 0. The van der Waals surface area contributed by atoms with E-state index in [-0.39, 0.29) is 0 Å². The van der Waals surface area contributed by atoms with Gasteiger partial charge in [-0.25, -0.2) is 0 Å². The molecule has 0 unspecified atom stereocenters. The van der Waals surface area contributed by atoms with Crippen LogP contribution in [0, 0.1) is 0 Å². The van der Waals surface area contributed by atoms with Gasteiger partial charge < -0.3 is 0 Å². The lowest BCUT2D eigenvalue weighted by molar-refractivity contribution is 0.160. The largest absolute Gasteiger partial charge is 0.297 e. The van der Waals surface area contributed by atoms with Crippen molar-refractivity contribution in [1.82, 2.24) is 4.90 Å². The Labute approximate surface area is 70.1 Å². The molecule has 1 heteroatoms. The van der Waals surface area contributed by atoms with Crippen LogP contribution in [-0.4, -0.2) is 24.0 Å². The van der Waals surface area contributed by atoms with Gasteiger partial charge in [0, 0.05) is 12.1 Å². The third kappa shape index (κ3) is 1.84. The molecule has 0 aromatic rings. The molecule has 64 valence electrons. The number of hydrogen-bond donors (Lipinski definition) is 0. The highest BCUT2D eigenvalue weighted by molar-refractivity contribution is 4.91. The van der Waals surface area contributed by atoms with Crippen molar-refractivity contribution in [2.75, 3.05) is 13.6 Å². The van der Waals surface area contributed by atoms with Crippen LogP contribution in [0.25, 0.3) is 0 Å². The van der Waals surface area contributed by atoms with Gasteiger partial charge in [0.15, 0.2) is 0 Å². The summed E-state index contributed by atoms with van der Waals surface area (Å²) in [6.45, 7) is 7.15. The van der Waals surface area contributed by atoms with Crippen molar-refractivity contribution < 1.29 is 0 Å². The van der Waals surface area contributed by atoms with Crippen molar-refractivity contribution in [1.29, 1.82) is 0 Å². The van der Waals surface area contributed by atoms with Crippen molar-refractivity contribution in [3.63, 3.8) is 0 Å². The molecule has 0 saturated heterocycles. The Bertz CT molecular complexity index is 134. The summed E-state index contributed by atoms with van der Waals surface area (Å²) in [6.07, 6.45) is 7.51. The van der Waals surface area contributed by atoms with Crippen LogP contribution in [0.15, 0.2) is 12.7 Å². The van der Waals surface area contributed by atoms with Crippen molar-refractivity contribution in [2.45, 2.75) is 38.1 Å². The summed E-state index contributed by atoms with van der Waals surface area (Å²) in [5.74, 6) is 0. The van der Waals surface area contributed by atoms with Crippen LogP contribution in [0.4, 0.5) is 0 Å². The Balaban J connectivity index is 2.48. The zero-order valence-corrected chi connectivity index (χ0v) is 7.77. The van der Waals surface area contributed by atoms with Crippen LogP contribution in [0.1, 0.15) is 32.6 Å². The van der Waals surface area contributed by atoms with E-state index in [0.29, 0.717) is 5.54 Å². The lowest BCUT2D eigenvalue weighted by atomic mass is 9.99. The molecule has 0 aromatic heterocycles. The minimum atomic E-state index is 0.466. The second-order valence-electron chi connectivity index (χ2n) is 3.87. The van der Waals surface area contributed by atoms with E-state index in [1.807, 2.05) is 6.08 Å². The fourth-order valence-corrected chi connectivity index (χ4v) is 1.93. The highest BCUT2D eigenvalue weighted by atomic mass is 15.2. The van der Waals surface area contributed by atoms with Crippen LogP contribution in [0.2, 0.25) is 0 Å². The molecule has 1 saturated carbocycles. The molecular formula is C10H19N. The highest BCUT2D eigenvalue weighted by Crippen LogP contribution is 2.33. The van der Waals surface area contributed by atoms with E-state index in [0.717, 1.165) is 6.54 Å². The third-order valence-electron chi connectivity index (χ3n) is 3.01. The summed E-state index contributed by atoms with van der Waals surface area (Å²) in [6, 6.07) is 0. The lowest BCUT2D eigenvalue weighted by Crippen LogP contribution is -2.41. The van der Waals surface area contributed by atoms with Crippen LogP contribution in [0.5, 0.6) is 0 Å². The average molecular weight is 153 g/mol. The lowest BCUT2D eigenvalue weighted by Gasteiger charge is -2.34. The predicted octanol–water partition coefficient (Wildman–Crippen LogP) is 2.44. The molecular weight excluding hydrogens is 134 g/mol. The Hall–Kier alpha value is -0.300. The molecule has 1 aliphatic carbocycles. The molecule has 1 aliphatic rings. The van der Waals surface area contributed by atoms with Crippen molar-refractivity contribution >= 4 is 0 Å². The quantitative estimate of drug-likeness (QED) is 0.563. The van der Waals surface area contributed by atoms with Crippen LogP contribution in [0.3, 0.4) is 0 Å². The fraction of sp³-hybridized carbons (Fsp3) is 0.800. The van der Waals surface area contributed by atoms with Gasteiger partial charge in [-0.3, -0.25) is 4.90 Å².